The monoisotopic (exact) mass is 276 g/mol. The predicted octanol–water partition coefficient (Wildman–Crippen LogP) is 1.66. The zero-order chi connectivity index (χ0) is 12.3. The Morgan fingerprint density at radius 1 is 1.41 bits per heavy atom. The molecule has 17 heavy (non-hydrogen) atoms. The van der Waals surface area contributed by atoms with E-state index in [1.54, 1.807) is 12.1 Å². The number of ether oxygens (including phenoxy) is 1. The summed E-state index contributed by atoms with van der Waals surface area (Å²) in [5.41, 5.74) is 0. The van der Waals surface area contributed by atoms with E-state index in [1.165, 1.54) is 6.20 Å². The molecule has 0 amide bonds. The molecule has 0 unspecified atom stereocenters. The highest BCUT2D eigenvalue weighted by Gasteiger charge is 2.28. The predicted molar refractivity (Wildman–Crippen MR) is 65.6 cm³/mol. The van der Waals surface area contributed by atoms with E-state index in [1.807, 2.05) is 0 Å². The van der Waals surface area contributed by atoms with E-state index in [2.05, 4.69) is 9.71 Å². The van der Waals surface area contributed by atoms with Crippen LogP contribution in [0.3, 0.4) is 0 Å². The number of halogens is 1. The largest absolute Gasteiger partial charge is 0.381 e. The third-order valence-electron chi connectivity index (χ3n) is 2.60. The lowest BCUT2D eigenvalue weighted by Crippen LogP contribution is -2.33. The average molecular weight is 277 g/mol. The molecule has 0 atom stereocenters. The van der Waals surface area contributed by atoms with E-state index < -0.39 is 15.3 Å². The fourth-order valence-electron chi connectivity index (χ4n) is 1.67. The van der Waals surface area contributed by atoms with E-state index in [0.717, 1.165) is 0 Å². The van der Waals surface area contributed by atoms with Crippen molar-refractivity contribution in [2.45, 2.75) is 18.1 Å². The summed E-state index contributed by atoms with van der Waals surface area (Å²) in [6.07, 6.45) is 2.49. The third kappa shape index (κ3) is 3.08. The van der Waals surface area contributed by atoms with Crippen LogP contribution in [0.5, 0.6) is 0 Å². The minimum Gasteiger partial charge on any atom is -0.381 e. The lowest BCUT2D eigenvalue weighted by molar-refractivity contribution is 0.0984. The van der Waals surface area contributed by atoms with Crippen molar-refractivity contribution in [1.82, 2.24) is 4.98 Å². The minimum absolute atomic E-state index is 0.181. The van der Waals surface area contributed by atoms with Crippen molar-refractivity contribution >= 4 is 27.4 Å². The Hall–Kier alpha value is -0.850. The molecular formula is C10H13ClN2O3S. The first-order chi connectivity index (χ1) is 8.09. The maximum atomic E-state index is 12.0. The number of nitrogens with one attached hydrogen (secondary N) is 1. The molecule has 1 aromatic heterocycles. The van der Waals surface area contributed by atoms with Crippen molar-refractivity contribution in [2.24, 2.45) is 0 Å². The van der Waals surface area contributed by atoms with Crippen molar-refractivity contribution < 1.29 is 13.2 Å². The van der Waals surface area contributed by atoms with Crippen LogP contribution in [-0.2, 0) is 14.8 Å². The number of hydrogen-bond acceptors (Lipinski definition) is 4. The molecule has 1 N–H and O–H groups in total. The van der Waals surface area contributed by atoms with Crippen LogP contribution >= 0.6 is 11.6 Å². The molecule has 1 aliphatic rings. The van der Waals surface area contributed by atoms with Gasteiger partial charge in [-0.05, 0) is 25.0 Å². The molecule has 2 rings (SSSR count). The van der Waals surface area contributed by atoms with Crippen molar-refractivity contribution in [2.75, 3.05) is 17.9 Å². The maximum absolute atomic E-state index is 12.0. The molecule has 5 nitrogen and oxygen atoms in total. The Morgan fingerprint density at radius 2 is 2.12 bits per heavy atom. The van der Waals surface area contributed by atoms with E-state index in [9.17, 15) is 8.42 Å². The second kappa shape index (κ2) is 5.20. The molecule has 2 heterocycles. The number of aromatic nitrogens is 1. The number of hydrogen-bond donors (Lipinski definition) is 1. The molecular weight excluding hydrogens is 264 g/mol. The van der Waals surface area contributed by atoms with Crippen LogP contribution in [0, 0.1) is 0 Å². The van der Waals surface area contributed by atoms with Gasteiger partial charge in [0, 0.05) is 19.4 Å². The number of anilines is 1. The molecule has 0 bridgehead atoms. The fraction of sp³-hybridized carbons (Fsp3) is 0.500. The van der Waals surface area contributed by atoms with Crippen molar-refractivity contribution in [3.8, 4) is 0 Å². The highest BCUT2D eigenvalue weighted by atomic mass is 35.5. The second-order valence-corrected chi connectivity index (χ2v) is 6.16. The van der Waals surface area contributed by atoms with Crippen LogP contribution in [0.15, 0.2) is 18.3 Å². The van der Waals surface area contributed by atoms with Gasteiger partial charge in [-0.2, -0.15) is 0 Å². The number of pyridine rings is 1. The SMILES string of the molecule is O=S(=O)(Nc1ncccc1Cl)C1CCOCC1. The zero-order valence-corrected chi connectivity index (χ0v) is 10.7. The standard InChI is InChI=1S/C10H13ClN2O3S/c11-9-2-1-5-12-10(9)13-17(14,15)8-3-6-16-7-4-8/h1-2,5,8H,3-4,6-7H2,(H,12,13). The second-order valence-electron chi connectivity index (χ2n) is 3.79. The summed E-state index contributed by atoms with van der Waals surface area (Å²) in [6, 6.07) is 3.24. The molecule has 0 radical (unpaired) electrons. The average Bonchev–Trinajstić information content (AvgIpc) is 2.33. The van der Waals surface area contributed by atoms with E-state index >= 15 is 0 Å². The molecule has 94 valence electrons. The van der Waals surface area contributed by atoms with Gasteiger partial charge in [0.25, 0.3) is 0 Å². The molecule has 0 spiro atoms. The van der Waals surface area contributed by atoms with Gasteiger partial charge in [-0.1, -0.05) is 11.6 Å². The van der Waals surface area contributed by atoms with Crippen LogP contribution in [0.4, 0.5) is 5.82 Å². The zero-order valence-electron chi connectivity index (χ0n) is 9.10. The van der Waals surface area contributed by atoms with Gasteiger partial charge in [0.2, 0.25) is 10.0 Å². The summed E-state index contributed by atoms with van der Waals surface area (Å²) in [4.78, 5) is 3.90. The Morgan fingerprint density at radius 3 is 2.76 bits per heavy atom. The number of sulfonamides is 1. The van der Waals surface area contributed by atoms with Crippen LogP contribution in [-0.4, -0.2) is 31.9 Å². The summed E-state index contributed by atoms with van der Waals surface area (Å²) in [5.74, 6) is 0.181. The van der Waals surface area contributed by atoms with E-state index in [0.29, 0.717) is 31.1 Å². The molecule has 0 aromatic carbocycles. The fourth-order valence-corrected chi connectivity index (χ4v) is 3.30. The van der Waals surface area contributed by atoms with Gasteiger partial charge in [-0.3, -0.25) is 4.72 Å². The summed E-state index contributed by atoms with van der Waals surface area (Å²) in [6.45, 7) is 0.947. The topological polar surface area (TPSA) is 68.3 Å². The van der Waals surface area contributed by atoms with E-state index in [-0.39, 0.29) is 5.82 Å². The molecule has 1 saturated heterocycles. The van der Waals surface area contributed by atoms with Gasteiger partial charge >= 0.3 is 0 Å². The maximum Gasteiger partial charge on any atom is 0.236 e. The Bertz CT molecular complexity index is 486. The number of rotatable bonds is 3. The smallest absolute Gasteiger partial charge is 0.236 e. The quantitative estimate of drug-likeness (QED) is 0.912. The Kier molecular flexibility index (Phi) is 3.86. The Balaban J connectivity index is 2.14. The lowest BCUT2D eigenvalue weighted by atomic mass is 10.2. The summed E-state index contributed by atoms with van der Waals surface area (Å²) < 4.78 is 31.6. The number of nitrogens with zero attached hydrogens (tertiary/aromatic N) is 1. The van der Waals surface area contributed by atoms with Crippen LogP contribution in [0.2, 0.25) is 5.02 Å². The van der Waals surface area contributed by atoms with Gasteiger partial charge in [-0.25, -0.2) is 13.4 Å². The molecule has 0 aliphatic carbocycles. The normalized spacial score (nSPS) is 17.9. The first-order valence-corrected chi connectivity index (χ1v) is 7.22. The highest BCUT2D eigenvalue weighted by molar-refractivity contribution is 7.93. The summed E-state index contributed by atoms with van der Waals surface area (Å²) >= 11 is 5.86. The first kappa shape index (κ1) is 12.6. The Labute approximate surface area is 105 Å². The van der Waals surface area contributed by atoms with E-state index in [4.69, 9.17) is 16.3 Å². The molecule has 0 saturated carbocycles. The van der Waals surface area contributed by atoms with Gasteiger partial charge < -0.3 is 4.74 Å². The highest BCUT2D eigenvalue weighted by Crippen LogP contribution is 2.22. The van der Waals surface area contributed by atoms with Crippen molar-refractivity contribution in [3.63, 3.8) is 0 Å². The minimum atomic E-state index is -3.44. The van der Waals surface area contributed by atoms with Gasteiger partial charge in [0.15, 0.2) is 5.82 Å². The van der Waals surface area contributed by atoms with Crippen molar-refractivity contribution in [1.29, 1.82) is 0 Å². The van der Waals surface area contributed by atoms with Crippen LogP contribution in [0.25, 0.3) is 0 Å². The lowest BCUT2D eigenvalue weighted by Gasteiger charge is -2.22. The van der Waals surface area contributed by atoms with Crippen molar-refractivity contribution in [3.05, 3.63) is 23.4 Å². The summed E-state index contributed by atoms with van der Waals surface area (Å²) in [7, 11) is -3.44. The first-order valence-electron chi connectivity index (χ1n) is 5.29. The van der Waals surface area contributed by atoms with Gasteiger partial charge in [0.1, 0.15) is 0 Å². The van der Waals surface area contributed by atoms with Gasteiger partial charge in [0.05, 0.1) is 10.3 Å². The molecule has 1 aliphatic heterocycles. The molecule has 7 heteroatoms. The third-order valence-corrected chi connectivity index (χ3v) is 4.74. The van der Waals surface area contributed by atoms with Gasteiger partial charge in [-0.15, -0.1) is 0 Å². The molecule has 1 fully saturated rings. The summed E-state index contributed by atoms with van der Waals surface area (Å²) in [5, 5.41) is -0.141. The molecule has 1 aromatic rings. The van der Waals surface area contributed by atoms with Crippen LogP contribution < -0.4 is 4.72 Å². The van der Waals surface area contributed by atoms with Crippen LogP contribution in [0.1, 0.15) is 12.8 Å².